The number of benzene rings is 1. The van der Waals surface area contributed by atoms with Crippen molar-refractivity contribution in [1.29, 1.82) is 0 Å². The summed E-state index contributed by atoms with van der Waals surface area (Å²) in [5.74, 6) is -9.18. The second-order valence-electron chi connectivity index (χ2n) is 18.2. The summed E-state index contributed by atoms with van der Waals surface area (Å²) in [7, 11) is 0. The molecule has 0 amide bonds. The Kier molecular flexibility index (Phi) is 20.5. The number of pyridine rings is 1. The molecule has 1 saturated carbocycles. The van der Waals surface area contributed by atoms with Crippen LogP contribution in [0.25, 0.3) is 0 Å². The minimum Gasteiger partial charge on any atom is -0.487 e. The lowest BCUT2D eigenvalue weighted by atomic mass is 9.91. The van der Waals surface area contributed by atoms with Gasteiger partial charge in [0.05, 0.1) is 6.10 Å². The lowest BCUT2D eigenvalue weighted by Crippen LogP contribution is -2.67. The van der Waals surface area contributed by atoms with Crippen LogP contribution in [-0.4, -0.2) is 157 Å². The van der Waals surface area contributed by atoms with Crippen molar-refractivity contribution >= 4 is 53.1 Å². The third-order valence-corrected chi connectivity index (χ3v) is 13.0. The van der Waals surface area contributed by atoms with Gasteiger partial charge >= 0.3 is 66.4 Å². The number of rotatable bonds is 22. The molecule has 6 rings (SSSR count). The van der Waals surface area contributed by atoms with Crippen LogP contribution in [0.3, 0.4) is 0 Å². The average Bonchev–Trinajstić information content (AvgIpc) is 4.29. The fourth-order valence-electron chi connectivity index (χ4n) is 8.32. The first kappa shape index (κ1) is 63.2. The molecule has 23 nitrogen and oxygen atoms in total. The molecule has 81 heavy (non-hydrogen) atoms. The zero-order valence-electron chi connectivity index (χ0n) is 43.5. The molecular formula is C49H52F8N2O21S. The third-order valence-electron chi connectivity index (χ3n) is 11.8. The maximum Gasteiger partial charge on any atom is 0.433 e. The highest BCUT2D eigenvalue weighted by Crippen LogP contribution is 2.52. The largest absolute Gasteiger partial charge is 0.487 e. The van der Waals surface area contributed by atoms with E-state index < -0.39 is 164 Å². The summed E-state index contributed by atoms with van der Waals surface area (Å²) < 4.78 is 184. The maximum absolute atomic E-state index is 14.0. The van der Waals surface area contributed by atoms with Gasteiger partial charge in [0.1, 0.15) is 36.5 Å². The van der Waals surface area contributed by atoms with Crippen LogP contribution < -0.4 is 14.2 Å². The molecule has 11 atom stereocenters. The number of carbonyl (C=O) groups excluding carboxylic acids is 7. The molecule has 0 spiro atoms. The van der Waals surface area contributed by atoms with Gasteiger partial charge in [0.2, 0.25) is 18.3 Å². The highest BCUT2D eigenvalue weighted by Gasteiger charge is 2.73. The second-order valence-corrected chi connectivity index (χ2v) is 19.3. The molecule has 3 aliphatic rings. The highest BCUT2D eigenvalue weighted by atomic mass is 32.1. The van der Waals surface area contributed by atoms with Crippen LogP contribution in [0.2, 0.25) is 0 Å². The topological polar surface area (TPSA) is 285 Å². The van der Waals surface area contributed by atoms with Crippen molar-refractivity contribution in [3.63, 3.8) is 0 Å². The molecule has 3 aromatic rings. The van der Waals surface area contributed by atoms with Crippen LogP contribution in [0, 0.1) is 0 Å². The molecule has 3 fully saturated rings. The lowest BCUT2D eigenvalue weighted by molar-refractivity contribution is -0.376. The molecule has 32 heteroatoms. The summed E-state index contributed by atoms with van der Waals surface area (Å²) in [5.41, 5.74) is -5.14. The molecule has 2 aromatic heterocycles. The molecule has 0 bridgehead atoms. The Morgan fingerprint density at radius 2 is 1.12 bits per heavy atom. The van der Waals surface area contributed by atoms with E-state index in [0.29, 0.717) is 19.0 Å². The fraction of sp³-hybridized carbons (Fsp3) is 0.571. The third kappa shape index (κ3) is 16.3. The van der Waals surface area contributed by atoms with Gasteiger partial charge in [-0.3, -0.25) is 33.6 Å². The Balaban J connectivity index is 1.38. The van der Waals surface area contributed by atoms with E-state index in [1.54, 1.807) is 0 Å². The first-order chi connectivity index (χ1) is 37.8. The SMILES string of the molecule is CC(=O)OCC1O[C@@H](O[C@@H]2C(COC(C)=O)O[C@@H](Oc3ccc(C[C@@H](c4ccc(OC(F)F)c(OC5CC5)c4)c4cnc(C(O)(C(F)(F)F)C(F)(F)F)s4)cn3)[C@H](OC(C)=O)C2OC(C)=O)[C@H](OC(C)=O)C(OC(C)=O)[C@@H]1OC(C)=O. The summed E-state index contributed by atoms with van der Waals surface area (Å²) in [5, 5.41) is 8.41. The molecule has 4 unspecified atom stereocenters. The van der Waals surface area contributed by atoms with Crippen molar-refractivity contribution in [2.24, 2.45) is 0 Å². The summed E-state index contributed by atoms with van der Waals surface area (Å²) in [6.45, 7) is 1.97. The number of ether oxygens (including phenoxy) is 13. The van der Waals surface area contributed by atoms with Gasteiger partial charge in [-0.2, -0.15) is 35.1 Å². The number of alkyl halides is 8. The van der Waals surface area contributed by atoms with Gasteiger partial charge < -0.3 is 66.7 Å². The van der Waals surface area contributed by atoms with Gasteiger partial charge in [-0.25, -0.2) is 9.97 Å². The molecule has 2 aliphatic heterocycles. The normalized spacial score (nSPS) is 24.4. The smallest absolute Gasteiger partial charge is 0.433 e. The monoisotopic (exact) mass is 1190 g/mol. The number of halogens is 8. The molecule has 1 aromatic carbocycles. The molecule has 446 valence electrons. The zero-order chi connectivity index (χ0) is 59.9. The van der Waals surface area contributed by atoms with Gasteiger partial charge in [0, 0.05) is 77.7 Å². The van der Waals surface area contributed by atoms with Crippen molar-refractivity contribution in [1.82, 2.24) is 9.97 Å². The predicted molar refractivity (Wildman–Crippen MR) is 248 cm³/mol. The zero-order valence-corrected chi connectivity index (χ0v) is 44.3. The maximum atomic E-state index is 14.0. The Hall–Kier alpha value is -7.03. The van der Waals surface area contributed by atoms with E-state index in [0.717, 1.165) is 60.7 Å². The van der Waals surface area contributed by atoms with E-state index in [4.69, 9.17) is 56.8 Å². The predicted octanol–water partition coefficient (Wildman–Crippen LogP) is 5.37. The number of aromatic nitrogens is 2. The van der Waals surface area contributed by atoms with E-state index >= 15 is 0 Å². The van der Waals surface area contributed by atoms with Crippen LogP contribution in [0.4, 0.5) is 35.1 Å². The number of carbonyl (C=O) groups is 7. The minimum atomic E-state index is -6.29. The standard InChI is InChI=1S/C49H52F8N2O21S/c1-20(60)68-18-33-37(70-22(3)62)39(71-23(4)63)42(74-26(7)66)44(77-33)80-38-34(19-69-21(2)61)76-43(41(73-25(6)65)40(38)72-24(5)64)79-36-13-8-27(16-58-36)14-30(28-9-12-31(78-46(50)51)32(15-28)75-29-10-11-29)35-17-59-45(81-35)47(67,48(52,53)54)49(55,56)57/h8-9,12-13,15-17,29-30,33-34,37-44,46,67H,10-11,14,18-19H2,1-7H3/t30-,33?,34?,37+,38+,39?,40?,41+,42+,43-,44-/m0/s1. The summed E-state index contributed by atoms with van der Waals surface area (Å²) in [6, 6.07) is 5.97. The molecule has 0 radical (unpaired) electrons. The van der Waals surface area contributed by atoms with Crippen molar-refractivity contribution in [2.75, 3.05) is 13.2 Å². The minimum absolute atomic E-state index is 0.0844. The van der Waals surface area contributed by atoms with Crippen LogP contribution >= 0.6 is 11.3 Å². The van der Waals surface area contributed by atoms with Crippen LogP contribution in [0.15, 0.2) is 42.7 Å². The quantitative estimate of drug-likeness (QED) is 0.0752. The summed E-state index contributed by atoms with van der Waals surface area (Å²) in [6.07, 6.45) is -28.6. The van der Waals surface area contributed by atoms with Gasteiger partial charge in [0.25, 0.3) is 0 Å². The van der Waals surface area contributed by atoms with Gasteiger partial charge in [-0.05, 0) is 42.5 Å². The highest BCUT2D eigenvalue weighted by molar-refractivity contribution is 7.11. The Morgan fingerprint density at radius 1 is 0.617 bits per heavy atom. The van der Waals surface area contributed by atoms with Crippen molar-refractivity contribution < 1.29 is 135 Å². The van der Waals surface area contributed by atoms with Crippen LogP contribution in [0.5, 0.6) is 17.4 Å². The van der Waals surface area contributed by atoms with Crippen molar-refractivity contribution in [3.8, 4) is 17.4 Å². The first-order valence-corrected chi connectivity index (χ1v) is 24.9. The van der Waals surface area contributed by atoms with E-state index in [9.17, 15) is 73.8 Å². The van der Waals surface area contributed by atoms with E-state index in [2.05, 4.69) is 14.7 Å². The number of esters is 7. The van der Waals surface area contributed by atoms with E-state index in [-0.39, 0.29) is 45.4 Å². The molecule has 1 aliphatic carbocycles. The Labute approximate surface area is 457 Å². The van der Waals surface area contributed by atoms with Gasteiger partial charge in [-0.1, -0.05) is 12.1 Å². The summed E-state index contributed by atoms with van der Waals surface area (Å²) >= 11 is -0.134. The van der Waals surface area contributed by atoms with E-state index in [1.165, 1.54) is 24.3 Å². The van der Waals surface area contributed by atoms with Gasteiger partial charge in [0.15, 0.2) is 42.2 Å². The Morgan fingerprint density at radius 3 is 1.62 bits per heavy atom. The van der Waals surface area contributed by atoms with Crippen LogP contribution in [0.1, 0.15) is 88.2 Å². The Bertz CT molecular complexity index is 2730. The number of thiazole rings is 1. The molecular weight excluding hydrogens is 1140 g/mol. The first-order valence-electron chi connectivity index (χ1n) is 24.1. The lowest BCUT2D eigenvalue weighted by Gasteiger charge is -2.48. The second kappa shape index (κ2) is 26.3. The number of nitrogens with zero attached hydrogens (tertiary/aromatic N) is 2. The number of hydrogen-bond donors (Lipinski definition) is 1. The van der Waals surface area contributed by atoms with Gasteiger partial charge in [-0.15, -0.1) is 11.3 Å². The van der Waals surface area contributed by atoms with Crippen LogP contribution in [-0.2, 0) is 93.0 Å². The van der Waals surface area contributed by atoms with Crippen molar-refractivity contribution in [3.05, 3.63) is 63.7 Å². The molecule has 2 saturated heterocycles. The summed E-state index contributed by atoms with van der Waals surface area (Å²) in [4.78, 5) is 94.9. The average molecular weight is 1190 g/mol. The van der Waals surface area contributed by atoms with Crippen molar-refractivity contribution in [2.45, 2.75) is 166 Å². The molecule has 1 N–H and O–H groups in total. The number of hydrogen-bond acceptors (Lipinski definition) is 24. The number of aliphatic hydroxyl groups is 1. The molecule has 4 heterocycles. The van der Waals surface area contributed by atoms with E-state index in [1.807, 2.05) is 0 Å². The fourth-order valence-corrected chi connectivity index (χ4v) is 9.49.